The molecule has 3 aromatic rings. The second-order valence-electron chi connectivity index (χ2n) is 8.40. The average molecular weight is 471 g/mol. The summed E-state index contributed by atoms with van der Waals surface area (Å²) in [6.07, 6.45) is 3.30. The third kappa shape index (κ3) is 4.23. The zero-order valence-corrected chi connectivity index (χ0v) is 19.8. The molecule has 2 aromatic heterocycles. The molecule has 1 aliphatic carbocycles. The van der Waals surface area contributed by atoms with Gasteiger partial charge in [0.2, 0.25) is 5.91 Å². The molecule has 2 unspecified atom stereocenters. The van der Waals surface area contributed by atoms with Crippen molar-refractivity contribution in [3.05, 3.63) is 34.2 Å². The van der Waals surface area contributed by atoms with E-state index in [-0.39, 0.29) is 17.7 Å². The van der Waals surface area contributed by atoms with E-state index in [2.05, 4.69) is 17.2 Å². The highest BCUT2D eigenvalue weighted by atomic mass is 32.2. The van der Waals surface area contributed by atoms with Gasteiger partial charge in [-0.2, -0.15) is 0 Å². The third-order valence-electron chi connectivity index (χ3n) is 5.94. The van der Waals surface area contributed by atoms with Crippen LogP contribution in [0.15, 0.2) is 23.4 Å². The number of thiophene rings is 1. The lowest BCUT2D eigenvalue weighted by atomic mass is 9.89. The zero-order valence-electron chi connectivity index (χ0n) is 18.1. The van der Waals surface area contributed by atoms with E-state index in [0.717, 1.165) is 40.1 Å². The molecule has 168 valence electrons. The maximum Gasteiger partial charge on any atom is 0.230 e. The van der Waals surface area contributed by atoms with Crippen LogP contribution < -0.4 is 20.5 Å². The molecule has 0 fully saturated rings. The molecule has 0 bridgehead atoms. The number of anilines is 1. The van der Waals surface area contributed by atoms with Crippen molar-refractivity contribution < 1.29 is 14.3 Å². The Morgan fingerprint density at radius 2 is 2.12 bits per heavy atom. The van der Waals surface area contributed by atoms with Gasteiger partial charge in [-0.05, 0) is 55.4 Å². The fourth-order valence-electron chi connectivity index (χ4n) is 4.24. The van der Waals surface area contributed by atoms with Gasteiger partial charge in [0.1, 0.15) is 23.9 Å². The van der Waals surface area contributed by atoms with Gasteiger partial charge in [-0.25, -0.2) is 9.97 Å². The molecule has 1 aliphatic heterocycles. The quantitative estimate of drug-likeness (QED) is 0.427. The first-order valence-corrected chi connectivity index (χ1v) is 12.7. The summed E-state index contributed by atoms with van der Waals surface area (Å²) < 4.78 is 11.2. The first kappa shape index (κ1) is 21.3. The normalized spacial score (nSPS) is 18.2. The van der Waals surface area contributed by atoms with Crippen LogP contribution in [-0.2, 0) is 17.6 Å². The summed E-state index contributed by atoms with van der Waals surface area (Å²) >= 11 is 3.03. The summed E-state index contributed by atoms with van der Waals surface area (Å²) in [5.74, 6) is 2.81. The summed E-state index contributed by atoms with van der Waals surface area (Å²) in [6, 6.07) is 5.60. The van der Waals surface area contributed by atoms with Gasteiger partial charge in [0.15, 0.2) is 16.7 Å². The van der Waals surface area contributed by atoms with Gasteiger partial charge >= 0.3 is 0 Å². The topological polar surface area (TPSA) is 99.4 Å². The molecule has 0 saturated carbocycles. The predicted octanol–water partition coefficient (Wildman–Crippen LogP) is 4.14. The predicted molar refractivity (Wildman–Crippen MR) is 128 cm³/mol. The van der Waals surface area contributed by atoms with Crippen LogP contribution in [0, 0.1) is 5.92 Å². The summed E-state index contributed by atoms with van der Waals surface area (Å²) in [7, 11) is 0. The smallest absolute Gasteiger partial charge is 0.230 e. The van der Waals surface area contributed by atoms with Crippen LogP contribution in [0.2, 0.25) is 0 Å². The number of fused-ring (bicyclic) bond motifs is 4. The molecular formula is C23H26N4O3S2. The van der Waals surface area contributed by atoms with Gasteiger partial charge in [-0.3, -0.25) is 4.79 Å². The molecule has 0 radical (unpaired) electrons. The summed E-state index contributed by atoms with van der Waals surface area (Å²) in [5.41, 5.74) is 8.59. The van der Waals surface area contributed by atoms with Crippen molar-refractivity contribution in [2.75, 3.05) is 24.7 Å². The Morgan fingerprint density at radius 1 is 1.31 bits per heavy atom. The van der Waals surface area contributed by atoms with Crippen LogP contribution in [0.5, 0.6) is 11.5 Å². The average Bonchev–Trinajstić information content (AvgIpc) is 3.15. The number of nitrogens with two attached hydrogens (primary N) is 1. The Bertz CT molecular complexity index is 1180. The standard InChI is InChI=1S/C23H26N4O3S2/c1-12-3-5-15-18(9-12)32-22-20(15)21(24)26-23(27-22)31-11-19(28)25-13(2)14-4-6-16-17(10-14)30-8-7-29-16/h4,6,10,12-13H,3,5,7-9,11H2,1-2H3,(H,25,28)(H2,24,26,27). The van der Waals surface area contributed by atoms with E-state index in [4.69, 9.17) is 20.2 Å². The van der Waals surface area contributed by atoms with E-state index in [0.29, 0.717) is 30.1 Å². The SMILES string of the molecule is CC1CCc2c(sc3nc(SCC(=O)NC(C)c4ccc5c(c4)OCCO5)nc(N)c23)C1. The van der Waals surface area contributed by atoms with E-state index < -0.39 is 0 Å². The lowest BCUT2D eigenvalue weighted by Crippen LogP contribution is -2.28. The summed E-state index contributed by atoms with van der Waals surface area (Å²) in [4.78, 5) is 24.1. The molecule has 0 spiro atoms. The Hall–Kier alpha value is -2.52. The number of carbonyl (C=O) groups is 1. The Kier molecular flexibility index (Phi) is 5.86. The number of nitrogens with one attached hydrogen (secondary N) is 1. The van der Waals surface area contributed by atoms with Crippen molar-refractivity contribution in [2.24, 2.45) is 5.92 Å². The lowest BCUT2D eigenvalue weighted by Gasteiger charge is -2.21. The Balaban J connectivity index is 1.24. The Labute approximate surface area is 195 Å². The first-order chi connectivity index (χ1) is 15.5. The molecule has 0 saturated heterocycles. The lowest BCUT2D eigenvalue weighted by molar-refractivity contribution is -0.119. The van der Waals surface area contributed by atoms with Gasteiger partial charge in [0.25, 0.3) is 0 Å². The molecule has 2 aliphatic rings. The molecule has 3 heterocycles. The van der Waals surface area contributed by atoms with Crippen LogP contribution >= 0.6 is 23.1 Å². The van der Waals surface area contributed by atoms with Gasteiger partial charge in [-0.1, -0.05) is 24.8 Å². The van der Waals surface area contributed by atoms with Crippen molar-refractivity contribution in [2.45, 2.75) is 44.3 Å². The summed E-state index contributed by atoms with van der Waals surface area (Å²) in [5, 5.41) is 4.59. The second kappa shape index (κ2) is 8.78. The maximum absolute atomic E-state index is 12.6. The van der Waals surface area contributed by atoms with Gasteiger partial charge < -0.3 is 20.5 Å². The largest absolute Gasteiger partial charge is 0.486 e. The maximum atomic E-state index is 12.6. The van der Waals surface area contributed by atoms with Crippen molar-refractivity contribution in [3.8, 4) is 11.5 Å². The second-order valence-corrected chi connectivity index (χ2v) is 10.4. The zero-order chi connectivity index (χ0) is 22.2. The molecular weight excluding hydrogens is 444 g/mol. The molecule has 1 aromatic carbocycles. The highest BCUT2D eigenvalue weighted by Gasteiger charge is 2.23. The van der Waals surface area contributed by atoms with E-state index in [1.807, 2.05) is 25.1 Å². The van der Waals surface area contributed by atoms with Crippen LogP contribution in [0.3, 0.4) is 0 Å². The number of hydrogen-bond acceptors (Lipinski definition) is 8. The fourth-order valence-corrected chi connectivity index (χ4v) is 6.35. The Morgan fingerprint density at radius 3 is 2.97 bits per heavy atom. The highest BCUT2D eigenvalue weighted by molar-refractivity contribution is 7.99. The van der Waals surface area contributed by atoms with Crippen LogP contribution in [0.1, 0.15) is 42.3 Å². The monoisotopic (exact) mass is 470 g/mol. The molecule has 1 amide bonds. The van der Waals surface area contributed by atoms with E-state index in [1.165, 1.54) is 28.6 Å². The number of amides is 1. The van der Waals surface area contributed by atoms with Crippen LogP contribution in [-0.4, -0.2) is 34.8 Å². The van der Waals surface area contributed by atoms with Gasteiger partial charge in [0.05, 0.1) is 17.2 Å². The van der Waals surface area contributed by atoms with Crippen molar-refractivity contribution >= 4 is 45.0 Å². The van der Waals surface area contributed by atoms with E-state index >= 15 is 0 Å². The molecule has 32 heavy (non-hydrogen) atoms. The number of carbonyl (C=O) groups excluding carboxylic acids is 1. The minimum absolute atomic E-state index is 0.0843. The molecule has 9 heteroatoms. The van der Waals surface area contributed by atoms with E-state index in [9.17, 15) is 4.79 Å². The van der Waals surface area contributed by atoms with Crippen LogP contribution in [0.4, 0.5) is 5.82 Å². The molecule has 3 N–H and O–H groups in total. The molecule has 2 atom stereocenters. The molecule has 7 nitrogen and oxygen atoms in total. The number of aromatic nitrogens is 2. The number of thioether (sulfide) groups is 1. The van der Waals surface area contributed by atoms with Gasteiger partial charge in [0, 0.05) is 4.88 Å². The number of hydrogen-bond donors (Lipinski definition) is 2. The number of nitrogens with zero attached hydrogens (tertiary/aromatic N) is 2. The third-order valence-corrected chi connectivity index (χ3v) is 7.93. The molecule has 5 rings (SSSR count). The number of benzene rings is 1. The minimum Gasteiger partial charge on any atom is -0.486 e. The van der Waals surface area contributed by atoms with Gasteiger partial charge in [-0.15, -0.1) is 11.3 Å². The minimum atomic E-state index is -0.154. The van der Waals surface area contributed by atoms with Crippen LogP contribution in [0.25, 0.3) is 10.2 Å². The number of nitrogen functional groups attached to an aromatic ring is 1. The van der Waals surface area contributed by atoms with Crippen molar-refractivity contribution in [3.63, 3.8) is 0 Å². The first-order valence-electron chi connectivity index (χ1n) is 10.9. The van der Waals surface area contributed by atoms with Crippen molar-refractivity contribution in [1.82, 2.24) is 15.3 Å². The van der Waals surface area contributed by atoms with E-state index in [1.54, 1.807) is 11.3 Å². The number of rotatable bonds is 5. The summed E-state index contributed by atoms with van der Waals surface area (Å²) in [6.45, 7) is 5.33. The number of ether oxygens (including phenoxy) is 2. The fraction of sp³-hybridized carbons (Fsp3) is 0.435. The van der Waals surface area contributed by atoms with Crippen molar-refractivity contribution in [1.29, 1.82) is 0 Å². The number of aryl methyl sites for hydroxylation is 1. The highest BCUT2D eigenvalue weighted by Crippen LogP contribution is 2.40.